The van der Waals surface area contributed by atoms with Gasteiger partial charge in [0.05, 0.1) is 0 Å². The van der Waals surface area contributed by atoms with Gasteiger partial charge in [-0.3, -0.25) is 0 Å². The van der Waals surface area contributed by atoms with Crippen LogP contribution in [0.25, 0.3) is 0 Å². The standard InChI is InChI=1S/H4O6P2/c1-7(2,3)8(4,5)6/h(H2,1,2,3)(H2,4,5,6)/p-2. The third-order valence-electron chi connectivity index (χ3n) is 0.319. The van der Waals surface area contributed by atoms with E-state index in [9.17, 15) is 18.9 Å². The van der Waals surface area contributed by atoms with Crippen molar-refractivity contribution in [1.82, 2.24) is 0 Å². The van der Waals surface area contributed by atoms with Crippen molar-refractivity contribution in [2.24, 2.45) is 0 Å². The Morgan fingerprint density at radius 2 is 1.12 bits per heavy atom. The summed E-state index contributed by atoms with van der Waals surface area (Å²) in [7, 11) is -11.1. The quantitative estimate of drug-likeness (QED) is 0.427. The lowest BCUT2D eigenvalue weighted by atomic mass is 15.8. The third-order valence-corrected chi connectivity index (χ3v) is 2.87. The van der Waals surface area contributed by atoms with E-state index < -0.39 is 14.6 Å². The summed E-state index contributed by atoms with van der Waals surface area (Å²) < 4.78 is 18.8. The van der Waals surface area contributed by atoms with Gasteiger partial charge in [-0.05, 0) is 0 Å². The lowest BCUT2D eigenvalue weighted by Crippen LogP contribution is -2.08. The van der Waals surface area contributed by atoms with Crippen molar-refractivity contribution < 1.29 is 28.7 Å². The zero-order valence-corrected chi connectivity index (χ0v) is 5.21. The summed E-state index contributed by atoms with van der Waals surface area (Å²) in [6.45, 7) is 0. The molecule has 2 N–H and O–H groups in total. The van der Waals surface area contributed by atoms with Crippen molar-refractivity contribution in [3.05, 3.63) is 0 Å². The average Bonchev–Trinajstić information content (AvgIpc) is 1.25. The minimum atomic E-state index is -5.54. The average molecular weight is 160 g/mol. The molecule has 0 amide bonds. The maximum Gasteiger partial charge on any atom is 0.203 e. The SMILES string of the molecule is O=P([O-])(O)P(=O)([O-])O. The van der Waals surface area contributed by atoms with E-state index in [2.05, 4.69) is 0 Å². The first kappa shape index (κ1) is 8.30. The molecule has 0 aliphatic heterocycles. The van der Waals surface area contributed by atoms with Gasteiger partial charge in [-0.15, -0.1) is 0 Å². The van der Waals surface area contributed by atoms with E-state index >= 15 is 0 Å². The van der Waals surface area contributed by atoms with Crippen molar-refractivity contribution in [2.75, 3.05) is 0 Å². The molecule has 0 bridgehead atoms. The Hall–Kier alpha value is 0.300. The topological polar surface area (TPSA) is 121 Å². The molecule has 50 valence electrons. The Morgan fingerprint density at radius 1 is 1.00 bits per heavy atom. The molecule has 0 aromatic heterocycles. The second-order valence-electron chi connectivity index (χ2n) is 0.981. The Bertz CT molecular complexity index is 135. The van der Waals surface area contributed by atoms with Gasteiger partial charge in [-0.25, -0.2) is 0 Å². The summed E-state index contributed by atoms with van der Waals surface area (Å²) in [6.07, 6.45) is 0. The number of hydrogen-bond acceptors (Lipinski definition) is 4. The molecule has 2 atom stereocenters. The maximum absolute atomic E-state index is 9.41. The monoisotopic (exact) mass is 160 g/mol. The van der Waals surface area contributed by atoms with Crippen molar-refractivity contribution >= 4 is 14.6 Å². The highest BCUT2D eigenvalue weighted by molar-refractivity contribution is 8.24. The molecule has 0 aromatic rings. The molecule has 0 saturated heterocycles. The van der Waals surface area contributed by atoms with E-state index in [1.54, 1.807) is 0 Å². The van der Waals surface area contributed by atoms with Gasteiger partial charge in [-0.1, -0.05) is 0 Å². The van der Waals surface area contributed by atoms with Crippen LogP contribution in [0.3, 0.4) is 0 Å². The van der Waals surface area contributed by atoms with Crippen LogP contribution >= 0.6 is 14.6 Å². The Morgan fingerprint density at radius 3 is 1.12 bits per heavy atom. The van der Waals surface area contributed by atoms with Gasteiger partial charge in [0.15, 0.2) is 0 Å². The fourth-order valence-electron chi connectivity index (χ4n) is 0. The first-order valence-corrected chi connectivity index (χ1v) is 5.19. The molecule has 8 heavy (non-hydrogen) atoms. The van der Waals surface area contributed by atoms with Crippen LogP contribution in [0.4, 0.5) is 0 Å². The van der Waals surface area contributed by atoms with Gasteiger partial charge in [0.1, 0.15) is 0 Å². The van der Waals surface area contributed by atoms with Crippen LogP contribution in [0.5, 0.6) is 0 Å². The van der Waals surface area contributed by atoms with Gasteiger partial charge in [0.2, 0.25) is 14.6 Å². The number of rotatable bonds is 1. The highest BCUT2D eigenvalue weighted by atomic mass is 32.1. The first-order valence-electron chi connectivity index (χ1n) is 1.33. The molecular formula is H2O6P2-2. The number of hydrogen-bond donors (Lipinski definition) is 2. The van der Waals surface area contributed by atoms with E-state index in [1.807, 2.05) is 0 Å². The Labute approximate surface area is 44.4 Å². The molecule has 0 aromatic carbocycles. The molecule has 0 rings (SSSR count). The lowest BCUT2D eigenvalue weighted by molar-refractivity contribution is -0.217. The van der Waals surface area contributed by atoms with Crippen LogP contribution in [0.15, 0.2) is 0 Å². The predicted octanol–water partition coefficient (Wildman–Crippen LogP) is -2.01. The highest BCUT2D eigenvalue weighted by Gasteiger charge is 2.15. The third kappa shape index (κ3) is 2.05. The van der Waals surface area contributed by atoms with Crippen LogP contribution < -0.4 is 9.79 Å². The molecule has 0 aliphatic carbocycles. The lowest BCUT2D eigenvalue weighted by Gasteiger charge is -2.25. The second-order valence-corrected chi connectivity index (χ2v) is 5.98. The zero-order chi connectivity index (χ0) is 7.00. The molecule has 2 unspecified atom stereocenters. The molecular weight excluding hydrogens is 158 g/mol. The van der Waals surface area contributed by atoms with E-state index in [0.717, 1.165) is 0 Å². The van der Waals surface area contributed by atoms with Crippen molar-refractivity contribution in [3.63, 3.8) is 0 Å². The highest BCUT2D eigenvalue weighted by Crippen LogP contribution is 2.65. The van der Waals surface area contributed by atoms with Gasteiger partial charge in [0.25, 0.3) is 0 Å². The van der Waals surface area contributed by atoms with E-state index in [1.165, 1.54) is 0 Å². The van der Waals surface area contributed by atoms with Crippen LogP contribution in [0, 0.1) is 0 Å². The van der Waals surface area contributed by atoms with Crippen LogP contribution in [0.2, 0.25) is 0 Å². The molecule has 0 spiro atoms. The van der Waals surface area contributed by atoms with Crippen molar-refractivity contribution in [1.29, 1.82) is 0 Å². The summed E-state index contributed by atoms with van der Waals surface area (Å²) in [5, 5.41) is 0. The summed E-state index contributed by atoms with van der Waals surface area (Å²) in [5.41, 5.74) is 0. The van der Waals surface area contributed by atoms with Crippen molar-refractivity contribution in [3.8, 4) is 0 Å². The minimum absolute atomic E-state index is 5.54. The molecule has 0 radical (unpaired) electrons. The van der Waals surface area contributed by atoms with Gasteiger partial charge in [-0.2, -0.15) is 0 Å². The molecule has 0 saturated carbocycles. The Balaban J connectivity index is 4.53. The fourth-order valence-corrected chi connectivity index (χ4v) is 0. The second kappa shape index (κ2) is 1.92. The van der Waals surface area contributed by atoms with E-state index in [-0.39, 0.29) is 0 Å². The summed E-state index contributed by atoms with van der Waals surface area (Å²) >= 11 is 0. The van der Waals surface area contributed by atoms with Gasteiger partial charge in [0, 0.05) is 0 Å². The van der Waals surface area contributed by atoms with E-state index in [4.69, 9.17) is 9.79 Å². The first-order chi connectivity index (χ1) is 3.25. The maximum atomic E-state index is 9.41. The zero-order valence-electron chi connectivity index (χ0n) is 3.42. The summed E-state index contributed by atoms with van der Waals surface area (Å²) in [6, 6.07) is 0. The smallest absolute Gasteiger partial charge is 0.203 e. The largest absolute Gasteiger partial charge is 0.772 e. The molecule has 0 aliphatic rings. The van der Waals surface area contributed by atoms with Crippen LogP contribution in [0.1, 0.15) is 0 Å². The molecule has 6 nitrogen and oxygen atoms in total. The van der Waals surface area contributed by atoms with Crippen LogP contribution in [-0.2, 0) is 9.13 Å². The normalized spacial score (nSPS) is 26.0. The summed E-state index contributed by atoms with van der Waals surface area (Å²) in [4.78, 5) is 33.9. The summed E-state index contributed by atoms with van der Waals surface area (Å²) in [5.74, 6) is 0. The van der Waals surface area contributed by atoms with Gasteiger partial charge < -0.3 is 28.7 Å². The fraction of sp³-hybridized carbons (Fsp3) is 0. The molecule has 8 heteroatoms. The van der Waals surface area contributed by atoms with Crippen molar-refractivity contribution in [2.45, 2.75) is 0 Å². The van der Waals surface area contributed by atoms with Gasteiger partial charge >= 0.3 is 0 Å². The van der Waals surface area contributed by atoms with Crippen LogP contribution in [-0.4, -0.2) is 9.79 Å². The predicted molar refractivity (Wildman–Crippen MR) is 19.7 cm³/mol. The van der Waals surface area contributed by atoms with E-state index in [0.29, 0.717) is 0 Å². The Kier molecular flexibility index (Phi) is 1.99. The minimum Gasteiger partial charge on any atom is -0.772 e. The molecule has 0 heterocycles. The molecule has 0 fully saturated rings.